The minimum absolute atomic E-state index is 0.897. The van der Waals surface area contributed by atoms with E-state index in [0.717, 1.165) is 31.9 Å². The smallest absolute Gasteiger partial charge is 0.126 e. The molecule has 2 aromatic heterocycles. The first kappa shape index (κ1) is 14.5. The van der Waals surface area contributed by atoms with E-state index in [-0.39, 0.29) is 0 Å². The lowest BCUT2D eigenvalue weighted by Crippen LogP contribution is -2.17. The van der Waals surface area contributed by atoms with Crippen LogP contribution in [0.5, 0.6) is 0 Å². The molecule has 0 aliphatic heterocycles. The molecular weight excluding hydrogens is 250 g/mol. The molecule has 0 aromatic carbocycles. The van der Waals surface area contributed by atoms with Crippen LogP contribution in [0, 0.1) is 0 Å². The molecule has 2 heterocycles. The maximum absolute atomic E-state index is 4.33. The number of nitrogens with one attached hydrogen (secondary N) is 1. The van der Waals surface area contributed by atoms with Gasteiger partial charge in [0.25, 0.3) is 0 Å². The van der Waals surface area contributed by atoms with Gasteiger partial charge in [-0.25, -0.2) is 4.98 Å². The molecule has 108 valence electrons. The molecule has 5 nitrogen and oxygen atoms in total. The van der Waals surface area contributed by atoms with E-state index < -0.39 is 0 Å². The van der Waals surface area contributed by atoms with Crippen molar-refractivity contribution in [1.29, 1.82) is 0 Å². The molecule has 0 saturated heterocycles. The Bertz CT molecular complexity index is 535. The van der Waals surface area contributed by atoms with Crippen molar-refractivity contribution in [3.63, 3.8) is 0 Å². The molecule has 0 atom stereocenters. The first-order chi connectivity index (χ1) is 9.67. The van der Waals surface area contributed by atoms with Crippen LogP contribution in [-0.2, 0) is 20.1 Å². The lowest BCUT2D eigenvalue weighted by Gasteiger charge is -2.16. The minimum atomic E-state index is 0.897. The predicted octanol–water partition coefficient (Wildman–Crippen LogP) is 2.27. The van der Waals surface area contributed by atoms with Gasteiger partial charge in [0, 0.05) is 44.6 Å². The molecule has 0 aliphatic carbocycles. The minimum Gasteiger partial charge on any atom is -0.370 e. The van der Waals surface area contributed by atoms with E-state index in [2.05, 4.69) is 52.6 Å². The van der Waals surface area contributed by atoms with Crippen LogP contribution in [-0.4, -0.2) is 33.3 Å². The fourth-order valence-corrected chi connectivity index (χ4v) is 2.16. The first-order valence-corrected chi connectivity index (χ1v) is 7.02. The summed E-state index contributed by atoms with van der Waals surface area (Å²) in [6.45, 7) is 4.91. The van der Waals surface area contributed by atoms with Gasteiger partial charge in [0.1, 0.15) is 5.82 Å². The number of aromatic nitrogens is 3. The SMILES string of the molecule is CCCNc1cc(CN(C)Cc2cnn(C)c2)ccn1. The van der Waals surface area contributed by atoms with E-state index in [1.54, 1.807) is 0 Å². The number of hydrogen-bond donors (Lipinski definition) is 1. The summed E-state index contributed by atoms with van der Waals surface area (Å²) in [5.74, 6) is 0.958. The molecule has 0 fully saturated rings. The third-order valence-electron chi connectivity index (χ3n) is 3.04. The van der Waals surface area contributed by atoms with Gasteiger partial charge in [-0.1, -0.05) is 6.92 Å². The van der Waals surface area contributed by atoms with Gasteiger partial charge in [-0.15, -0.1) is 0 Å². The fourth-order valence-electron chi connectivity index (χ4n) is 2.16. The van der Waals surface area contributed by atoms with Gasteiger partial charge in [-0.2, -0.15) is 5.10 Å². The van der Waals surface area contributed by atoms with E-state index in [0.29, 0.717) is 0 Å². The van der Waals surface area contributed by atoms with Crippen LogP contribution in [0.15, 0.2) is 30.7 Å². The molecule has 2 aromatic rings. The normalized spacial score (nSPS) is 11.0. The molecule has 0 amide bonds. The van der Waals surface area contributed by atoms with Gasteiger partial charge in [0.2, 0.25) is 0 Å². The van der Waals surface area contributed by atoms with Crippen molar-refractivity contribution in [1.82, 2.24) is 19.7 Å². The molecule has 0 spiro atoms. The van der Waals surface area contributed by atoms with Crippen LogP contribution in [0.4, 0.5) is 5.82 Å². The summed E-state index contributed by atoms with van der Waals surface area (Å²) < 4.78 is 1.84. The van der Waals surface area contributed by atoms with Gasteiger partial charge < -0.3 is 5.32 Å². The Labute approximate surface area is 120 Å². The van der Waals surface area contributed by atoms with Crippen LogP contribution in [0.2, 0.25) is 0 Å². The second kappa shape index (κ2) is 7.05. The molecule has 0 unspecified atom stereocenters. The van der Waals surface area contributed by atoms with Crippen LogP contribution < -0.4 is 5.32 Å². The monoisotopic (exact) mass is 273 g/mol. The highest BCUT2D eigenvalue weighted by Gasteiger charge is 2.04. The summed E-state index contributed by atoms with van der Waals surface area (Å²) in [7, 11) is 4.06. The van der Waals surface area contributed by atoms with Crippen molar-refractivity contribution < 1.29 is 0 Å². The zero-order valence-corrected chi connectivity index (χ0v) is 12.5. The maximum atomic E-state index is 4.33. The summed E-state index contributed by atoms with van der Waals surface area (Å²) in [5.41, 5.74) is 2.50. The van der Waals surface area contributed by atoms with E-state index >= 15 is 0 Å². The van der Waals surface area contributed by atoms with Crippen molar-refractivity contribution in [2.75, 3.05) is 18.9 Å². The molecule has 0 bridgehead atoms. The van der Waals surface area contributed by atoms with E-state index in [9.17, 15) is 0 Å². The summed E-state index contributed by atoms with van der Waals surface area (Å²) in [6, 6.07) is 4.19. The number of hydrogen-bond acceptors (Lipinski definition) is 4. The predicted molar refractivity (Wildman–Crippen MR) is 81.4 cm³/mol. The van der Waals surface area contributed by atoms with Gasteiger partial charge in [0.05, 0.1) is 6.20 Å². The molecule has 0 radical (unpaired) electrons. The Balaban J connectivity index is 1.91. The molecule has 0 aliphatic rings. The average molecular weight is 273 g/mol. The van der Waals surface area contributed by atoms with Gasteiger partial charge in [0.15, 0.2) is 0 Å². The second-order valence-electron chi connectivity index (χ2n) is 5.17. The number of nitrogens with zero attached hydrogens (tertiary/aromatic N) is 4. The summed E-state index contributed by atoms with van der Waals surface area (Å²) in [6.07, 6.45) is 6.94. The summed E-state index contributed by atoms with van der Waals surface area (Å²) in [5, 5.41) is 7.51. The van der Waals surface area contributed by atoms with E-state index in [1.165, 1.54) is 11.1 Å². The summed E-state index contributed by atoms with van der Waals surface area (Å²) in [4.78, 5) is 6.60. The molecule has 0 saturated carbocycles. The first-order valence-electron chi connectivity index (χ1n) is 7.02. The molecule has 20 heavy (non-hydrogen) atoms. The molecular formula is C15H23N5. The highest BCUT2D eigenvalue weighted by atomic mass is 15.2. The van der Waals surface area contributed by atoms with Gasteiger partial charge >= 0.3 is 0 Å². The van der Waals surface area contributed by atoms with E-state index in [1.807, 2.05) is 24.1 Å². The standard InChI is InChI=1S/C15H23N5/c1-4-6-16-15-8-13(5-7-17-15)10-19(2)11-14-9-18-20(3)12-14/h5,7-9,12H,4,6,10-11H2,1-3H3,(H,16,17). The molecule has 1 N–H and O–H groups in total. The topological polar surface area (TPSA) is 46.0 Å². The van der Waals surface area contributed by atoms with Crippen molar-refractivity contribution >= 4 is 5.82 Å². The van der Waals surface area contributed by atoms with E-state index in [4.69, 9.17) is 0 Å². The zero-order valence-electron chi connectivity index (χ0n) is 12.5. The molecule has 2 rings (SSSR count). The summed E-state index contributed by atoms with van der Waals surface area (Å²) >= 11 is 0. The van der Waals surface area contributed by atoms with Crippen LogP contribution in [0.25, 0.3) is 0 Å². The Morgan fingerprint density at radius 1 is 1.30 bits per heavy atom. The van der Waals surface area contributed by atoms with Crippen molar-refractivity contribution in [2.45, 2.75) is 26.4 Å². The number of pyridine rings is 1. The quantitative estimate of drug-likeness (QED) is 0.840. The number of rotatable bonds is 7. The Kier molecular flexibility index (Phi) is 5.12. The van der Waals surface area contributed by atoms with Gasteiger partial charge in [-0.05, 0) is 31.2 Å². The van der Waals surface area contributed by atoms with Crippen LogP contribution in [0.1, 0.15) is 24.5 Å². The second-order valence-corrected chi connectivity index (χ2v) is 5.17. The van der Waals surface area contributed by atoms with Crippen LogP contribution in [0.3, 0.4) is 0 Å². The number of anilines is 1. The Morgan fingerprint density at radius 3 is 2.80 bits per heavy atom. The van der Waals surface area contributed by atoms with Crippen LogP contribution >= 0.6 is 0 Å². The lowest BCUT2D eigenvalue weighted by atomic mass is 10.2. The highest BCUT2D eigenvalue weighted by Crippen LogP contribution is 2.11. The van der Waals surface area contributed by atoms with Crippen molar-refractivity contribution in [3.05, 3.63) is 41.9 Å². The van der Waals surface area contributed by atoms with Gasteiger partial charge in [-0.3, -0.25) is 9.58 Å². The lowest BCUT2D eigenvalue weighted by molar-refractivity contribution is 0.319. The van der Waals surface area contributed by atoms with Crippen molar-refractivity contribution in [2.24, 2.45) is 7.05 Å². The third-order valence-corrected chi connectivity index (χ3v) is 3.04. The largest absolute Gasteiger partial charge is 0.370 e. The number of aryl methyl sites for hydroxylation is 1. The maximum Gasteiger partial charge on any atom is 0.126 e. The average Bonchev–Trinajstić information content (AvgIpc) is 2.82. The highest BCUT2D eigenvalue weighted by molar-refractivity contribution is 5.37. The fraction of sp³-hybridized carbons (Fsp3) is 0.467. The zero-order chi connectivity index (χ0) is 14.4. The Morgan fingerprint density at radius 2 is 2.10 bits per heavy atom. The Hall–Kier alpha value is -1.88. The van der Waals surface area contributed by atoms with Crippen molar-refractivity contribution in [3.8, 4) is 0 Å². The third kappa shape index (κ3) is 4.35. The molecule has 5 heteroatoms.